The highest BCUT2D eigenvalue weighted by atomic mass is 32.2. The van der Waals surface area contributed by atoms with Gasteiger partial charge in [-0.1, -0.05) is 42.0 Å². The van der Waals surface area contributed by atoms with E-state index < -0.39 is 144 Å². The SMILES string of the molecule is Cc1ccc(C[SH+]Cc2ccc(O)cc2)cc1.Fc1c(F)c(F)c([B-](c2c(F)c(F)c(F)c(F)c2F)(c2c(F)c(F)c(F)c(F)c2F)c2c(F)c(F)c(F)c(F)c2F)c(F)c1F. The number of phenols is 1. The van der Waals surface area contributed by atoms with Crippen LogP contribution in [0, 0.1) is 123 Å². The van der Waals surface area contributed by atoms with E-state index in [1.807, 2.05) is 12.1 Å². The predicted octanol–water partition coefficient (Wildman–Crippen LogP) is 9.06. The van der Waals surface area contributed by atoms with Crippen LogP contribution in [0.15, 0.2) is 48.5 Å². The molecule has 0 heterocycles. The molecule has 0 unspecified atom stereocenters. The lowest BCUT2D eigenvalue weighted by Crippen LogP contribution is -2.81. The van der Waals surface area contributed by atoms with Gasteiger partial charge in [-0.25, -0.2) is 87.8 Å². The molecule has 6 aromatic rings. The number of thiol groups is 1. The lowest BCUT2D eigenvalue weighted by molar-refractivity contribution is 0.378. The van der Waals surface area contributed by atoms with Gasteiger partial charge in [0.2, 0.25) is 0 Å². The number of benzene rings is 6. The molecule has 1 nitrogen and oxygen atoms in total. The average Bonchev–Trinajstić information content (AvgIpc) is 3.25. The Morgan fingerprint density at radius 2 is 0.516 bits per heavy atom. The van der Waals surface area contributed by atoms with Crippen molar-refractivity contribution in [1.82, 2.24) is 0 Å². The van der Waals surface area contributed by atoms with Crippen LogP contribution in [0.25, 0.3) is 0 Å². The molecule has 0 aliphatic heterocycles. The first kappa shape index (κ1) is 47.2. The fraction of sp³-hybridized carbons (Fsp3) is 0.0769. The van der Waals surface area contributed by atoms with Crippen molar-refractivity contribution >= 4 is 39.8 Å². The Labute approximate surface area is 338 Å². The second-order valence-corrected chi connectivity index (χ2v) is 14.1. The van der Waals surface area contributed by atoms with Gasteiger partial charge in [0.25, 0.3) is 0 Å². The number of hydrogen-bond acceptors (Lipinski definition) is 1. The monoisotopic (exact) mass is 924 g/mol. The molecule has 1 N–H and O–H groups in total. The van der Waals surface area contributed by atoms with Crippen molar-refractivity contribution in [1.29, 1.82) is 0 Å². The van der Waals surface area contributed by atoms with Crippen LogP contribution < -0.4 is 21.9 Å². The molecule has 0 radical (unpaired) electrons. The van der Waals surface area contributed by atoms with E-state index in [2.05, 4.69) is 31.2 Å². The van der Waals surface area contributed by atoms with Gasteiger partial charge < -0.3 is 5.11 Å². The second-order valence-electron chi connectivity index (χ2n) is 13.0. The van der Waals surface area contributed by atoms with Crippen molar-refractivity contribution in [2.24, 2.45) is 0 Å². The third-order valence-corrected chi connectivity index (χ3v) is 10.5. The van der Waals surface area contributed by atoms with E-state index in [9.17, 15) is 57.8 Å². The van der Waals surface area contributed by atoms with Crippen molar-refractivity contribution in [3.05, 3.63) is 182 Å². The highest BCUT2D eigenvalue weighted by Crippen LogP contribution is 2.31. The molecule has 6 aromatic carbocycles. The van der Waals surface area contributed by atoms with Gasteiger partial charge in [0.05, 0.1) is 0 Å². The number of rotatable bonds is 8. The number of phenolic OH excluding ortho intramolecular Hbond substituents is 1. The largest absolute Gasteiger partial charge is 0.508 e. The lowest BCUT2D eigenvalue weighted by atomic mass is 9.12. The van der Waals surface area contributed by atoms with Gasteiger partial charge in [0.1, 0.15) is 69.9 Å². The Bertz CT molecular complexity index is 2300. The maximum atomic E-state index is 15.4. The van der Waals surface area contributed by atoms with E-state index in [1.165, 1.54) is 28.5 Å². The first-order valence-electron chi connectivity index (χ1n) is 16.6. The van der Waals surface area contributed by atoms with E-state index in [-0.39, 0.29) is 0 Å². The van der Waals surface area contributed by atoms with Crippen LogP contribution in [0.2, 0.25) is 0 Å². The van der Waals surface area contributed by atoms with Crippen molar-refractivity contribution in [2.75, 3.05) is 0 Å². The first-order chi connectivity index (χ1) is 28.9. The molecular weight excluding hydrogens is 907 g/mol. The number of aryl methyl sites for hydroxylation is 1. The summed E-state index contributed by atoms with van der Waals surface area (Å²) in [7, 11) is 0. The summed E-state index contributed by atoms with van der Waals surface area (Å²) in [6.45, 7) is 2.11. The van der Waals surface area contributed by atoms with Crippen LogP contribution in [-0.4, -0.2) is 11.3 Å². The van der Waals surface area contributed by atoms with Gasteiger partial charge in [0, 0.05) is 11.1 Å². The minimum absolute atomic E-state index is 0.337. The molecule has 0 saturated carbocycles. The Morgan fingerprint density at radius 3 is 0.742 bits per heavy atom. The average molecular weight is 924 g/mol. The van der Waals surface area contributed by atoms with Crippen LogP contribution in [0.5, 0.6) is 5.75 Å². The zero-order chi connectivity index (χ0) is 46.4. The zero-order valence-corrected chi connectivity index (χ0v) is 31.0. The smallest absolute Gasteiger partial charge is 0.200 e. The van der Waals surface area contributed by atoms with E-state index in [0.29, 0.717) is 5.75 Å². The fourth-order valence-electron chi connectivity index (χ4n) is 6.48. The molecule has 6 rings (SSSR count). The summed E-state index contributed by atoms with van der Waals surface area (Å²) in [5.41, 5.74) is -10.4. The summed E-state index contributed by atoms with van der Waals surface area (Å²) in [5.74, 6) is -68.9. The Balaban J connectivity index is 0.000000355. The zero-order valence-electron chi connectivity index (χ0n) is 30.1. The van der Waals surface area contributed by atoms with E-state index in [0.717, 1.165) is 11.5 Å². The molecule has 23 heteroatoms. The molecule has 0 fully saturated rings. The Kier molecular flexibility index (Phi) is 13.6. The molecule has 0 aliphatic carbocycles. The lowest BCUT2D eigenvalue weighted by Gasteiger charge is -2.44. The van der Waals surface area contributed by atoms with Crippen LogP contribution in [0.3, 0.4) is 0 Å². The summed E-state index contributed by atoms with van der Waals surface area (Å²) in [6, 6.07) is 16.2. The second kappa shape index (κ2) is 17.9. The highest BCUT2D eigenvalue weighted by molar-refractivity contribution is 7.76. The quantitative estimate of drug-likeness (QED) is 0.0404. The van der Waals surface area contributed by atoms with Gasteiger partial charge >= 0.3 is 0 Å². The summed E-state index contributed by atoms with van der Waals surface area (Å²) in [6.07, 6.45) is -7.22. The van der Waals surface area contributed by atoms with Crippen LogP contribution >= 0.6 is 0 Å². The summed E-state index contributed by atoms with van der Waals surface area (Å²) in [5, 5.41) is 9.18. The third-order valence-electron chi connectivity index (χ3n) is 9.35. The van der Waals surface area contributed by atoms with Crippen molar-refractivity contribution in [2.45, 2.75) is 18.4 Å². The molecule has 0 amide bonds. The number of halogens is 20. The topological polar surface area (TPSA) is 20.2 Å². The van der Waals surface area contributed by atoms with Gasteiger partial charge in [-0.05, 0) is 30.8 Å². The Morgan fingerprint density at radius 1 is 0.323 bits per heavy atom. The van der Waals surface area contributed by atoms with Gasteiger partial charge in [0.15, 0.2) is 69.8 Å². The standard InChI is InChI=1S/C24BF20.C15H16OS/c26-5-1(6(27)14(35)21(42)13(5)34)25(2-7(28)15(36)22(43)16(37)8(2)29,3-9(30)17(38)23(44)18(39)10(3)31)4-11(32)19(40)24(45)20(41)12(4)33;1-12-2-4-13(5-3-12)10-17-11-14-6-8-15(16)9-7-14/h;2-9,16H,10-11H2,1H3/q-1;/p+1. The van der Waals surface area contributed by atoms with Crippen molar-refractivity contribution in [3.8, 4) is 5.75 Å². The van der Waals surface area contributed by atoms with Gasteiger partial charge in [-0.15, -0.1) is 21.9 Å². The van der Waals surface area contributed by atoms with E-state index >= 15 is 35.1 Å². The molecular formula is C39H17BF20OS. The molecule has 0 aromatic heterocycles. The fourth-order valence-corrected chi connectivity index (χ4v) is 7.53. The number of hydrogen-bond donors (Lipinski definition) is 1. The minimum atomic E-state index is -7.22. The summed E-state index contributed by atoms with van der Waals surface area (Å²) < 4.78 is 294. The predicted molar refractivity (Wildman–Crippen MR) is 185 cm³/mol. The van der Waals surface area contributed by atoms with Crippen LogP contribution in [0.1, 0.15) is 16.7 Å². The molecule has 328 valence electrons. The normalized spacial score (nSPS) is 11.6. The van der Waals surface area contributed by atoms with E-state index in [1.54, 1.807) is 12.1 Å². The van der Waals surface area contributed by atoms with Crippen LogP contribution in [-0.2, 0) is 23.3 Å². The maximum Gasteiger partial charge on any atom is 0.200 e. The van der Waals surface area contributed by atoms with Crippen molar-refractivity contribution < 1.29 is 92.9 Å². The molecule has 0 atom stereocenters. The van der Waals surface area contributed by atoms with Crippen LogP contribution in [0.4, 0.5) is 87.8 Å². The highest BCUT2D eigenvalue weighted by Gasteiger charge is 2.52. The minimum Gasteiger partial charge on any atom is -0.508 e. The molecule has 0 saturated heterocycles. The molecule has 0 spiro atoms. The Hall–Kier alpha value is -5.87. The maximum absolute atomic E-state index is 15.4. The van der Waals surface area contributed by atoms with Gasteiger partial charge in [-0.3, -0.25) is 0 Å². The molecule has 0 bridgehead atoms. The number of aromatic hydroxyl groups is 1. The van der Waals surface area contributed by atoms with Gasteiger partial charge in [-0.2, -0.15) is 0 Å². The van der Waals surface area contributed by atoms with E-state index in [4.69, 9.17) is 0 Å². The van der Waals surface area contributed by atoms with Crippen molar-refractivity contribution in [3.63, 3.8) is 0 Å². The molecule has 62 heavy (non-hydrogen) atoms. The first-order valence-corrected chi connectivity index (χ1v) is 17.9. The summed E-state index contributed by atoms with van der Waals surface area (Å²) >= 11 is 1.39. The third kappa shape index (κ3) is 7.78. The summed E-state index contributed by atoms with van der Waals surface area (Å²) in [4.78, 5) is 0. The molecule has 0 aliphatic rings.